The van der Waals surface area contributed by atoms with E-state index < -0.39 is 0 Å². The lowest BCUT2D eigenvalue weighted by atomic mass is 10.1. The molecule has 1 N–H and O–H groups in total. The fourth-order valence-electron chi connectivity index (χ4n) is 2.33. The maximum atomic E-state index is 11.9. The van der Waals surface area contributed by atoms with Gasteiger partial charge in [-0.3, -0.25) is 4.79 Å². The highest BCUT2D eigenvalue weighted by Crippen LogP contribution is 2.11. The van der Waals surface area contributed by atoms with Gasteiger partial charge in [-0.25, -0.2) is 0 Å². The standard InChI is InChI=1S/C19H22ClNO/c1-2-15-6-8-16(9-7-15)10-11-19(22)21-13-12-17-4-3-5-18(20)14-17/h3-9,14H,2,10-13H2,1H3,(H,21,22). The number of hydrogen-bond acceptors (Lipinski definition) is 1. The Morgan fingerprint density at radius 1 is 1.00 bits per heavy atom. The van der Waals surface area contributed by atoms with E-state index in [-0.39, 0.29) is 5.91 Å². The number of amides is 1. The molecule has 116 valence electrons. The predicted molar refractivity (Wildman–Crippen MR) is 92.3 cm³/mol. The third-order valence-electron chi connectivity index (χ3n) is 3.70. The molecule has 0 aromatic heterocycles. The van der Waals surface area contributed by atoms with Gasteiger partial charge in [0.25, 0.3) is 0 Å². The second-order valence-corrected chi connectivity index (χ2v) is 5.84. The third kappa shape index (κ3) is 5.53. The first kappa shape index (κ1) is 16.6. The molecule has 0 spiro atoms. The molecule has 0 heterocycles. The lowest BCUT2D eigenvalue weighted by molar-refractivity contribution is -0.121. The summed E-state index contributed by atoms with van der Waals surface area (Å²) < 4.78 is 0. The molecule has 0 radical (unpaired) electrons. The zero-order chi connectivity index (χ0) is 15.8. The summed E-state index contributed by atoms with van der Waals surface area (Å²) in [6.45, 7) is 2.79. The average molecular weight is 316 g/mol. The number of halogens is 1. The predicted octanol–water partition coefficient (Wildman–Crippen LogP) is 4.19. The van der Waals surface area contributed by atoms with Gasteiger partial charge in [0.05, 0.1) is 0 Å². The van der Waals surface area contributed by atoms with Crippen LogP contribution in [0.15, 0.2) is 48.5 Å². The number of aryl methyl sites for hydroxylation is 2. The number of rotatable bonds is 7. The number of nitrogens with one attached hydrogen (secondary N) is 1. The number of hydrogen-bond donors (Lipinski definition) is 1. The summed E-state index contributed by atoms with van der Waals surface area (Å²) >= 11 is 5.94. The van der Waals surface area contributed by atoms with E-state index in [0.717, 1.165) is 29.8 Å². The minimum absolute atomic E-state index is 0.0987. The van der Waals surface area contributed by atoms with Gasteiger partial charge in [-0.2, -0.15) is 0 Å². The van der Waals surface area contributed by atoms with Crippen LogP contribution < -0.4 is 5.32 Å². The van der Waals surface area contributed by atoms with E-state index in [1.54, 1.807) is 0 Å². The Hall–Kier alpha value is -1.80. The first-order valence-corrected chi connectivity index (χ1v) is 8.14. The van der Waals surface area contributed by atoms with Gasteiger partial charge in [-0.1, -0.05) is 54.9 Å². The van der Waals surface area contributed by atoms with E-state index in [1.807, 2.05) is 24.3 Å². The van der Waals surface area contributed by atoms with Crippen LogP contribution in [0, 0.1) is 0 Å². The van der Waals surface area contributed by atoms with E-state index in [0.29, 0.717) is 13.0 Å². The zero-order valence-corrected chi connectivity index (χ0v) is 13.7. The molecule has 0 atom stereocenters. The molecule has 0 unspecified atom stereocenters. The number of benzene rings is 2. The van der Waals surface area contributed by atoms with Crippen molar-refractivity contribution in [3.05, 3.63) is 70.2 Å². The molecular formula is C19H22ClNO. The second-order valence-electron chi connectivity index (χ2n) is 5.40. The first-order chi connectivity index (χ1) is 10.7. The molecule has 22 heavy (non-hydrogen) atoms. The van der Waals surface area contributed by atoms with E-state index in [1.165, 1.54) is 11.1 Å². The topological polar surface area (TPSA) is 29.1 Å². The first-order valence-electron chi connectivity index (χ1n) is 7.76. The summed E-state index contributed by atoms with van der Waals surface area (Å²) in [6, 6.07) is 16.2. The Balaban J connectivity index is 1.69. The summed E-state index contributed by atoms with van der Waals surface area (Å²) in [4.78, 5) is 11.9. The fourth-order valence-corrected chi connectivity index (χ4v) is 2.54. The molecule has 0 fully saturated rings. The minimum Gasteiger partial charge on any atom is -0.356 e. The molecule has 0 aliphatic carbocycles. The summed E-state index contributed by atoms with van der Waals surface area (Å²) in [5.74, 6) is 0.0987. The van der Waals surface area contributed by atoms with Gasteiger partial charge in [-0.15, -0.1) is 0 Å². The summed E-state index contributed by atoms with van der Waals surface area (Å²) in [5.41, 5.74) is 3.68. The summed E-state index contributed by atoms with van der Waals surface area (Å²) in [6.07, 6.45) is 3.16. The lowest BCUT2D eigenvalue weighted by Crippen LogP contribution is -2.25. The van der Waals surface area contributed by atoms with Crippen molar-refractivity contribution in [2.45, 2.75) is 32.6 Å². The van der Waals surface area contributed by atoms with Crippen LogP contribution in [-0.4, -0.2) is 12.5 Å². The Kier molecular flexibility index (Phi) is 6.47. The highest BCUT2D eigenvalue weighted by Gasteiger charge is 2.02. The van der Waals surface area contributed by atoms with E-state index in [2.05, 4.69) is 36.5 Å². The van der Waals surface area contributed by atoms with E-state index in [4.69, 9.17) is 11.6 Å². The van der Waals surface area contributed by atoms with Crippen molar-refractivity contribution in [3.63, 3.8) is 0 Å². The molecule has 0 bridgehead atoms. The molecule has 1 amide bonds. The molecule has 0 aliphatic heterocycles. The highest BCUT2D eigenvalue weighted by molar-refractivity contribution is 6.30. The van der Waals surface area contributed by atoms with Crippen molar-refractivity contribution < 1.29 is 4.79 Å². The largest absolute Gasteiger partial charge is 0.356 e. The van der Waals surface area contributed by atoms with Crippen molar-refractivity contribution >= 4 is 17.5 Å². The van der Waals surface area contributed by atoms with Gasteiger partial charge >= 0.3 is 0 Å². The Bertz CT molecular complexity index is 607. The van der Waals surface area contributed by atoms with Crippen LogP contribution in [0.4, 0.5) is 0 Å². The minimum atomic E-state index is 0.0987. The van der Waals surface area contributed by atoms with Gasteiger partial charge in [-0.05, 0) is 48.1 Å². The van der Waals surface area contributed by atoms with Gasteiger partial charge in [0.1, 0.15) is 0 Å². The van der Waals surface area contributed by atoms with Crippen molar-refractivity contribution in [3.8, 4) is 0 Å². The molecule has 0 saturated heterocycles. The maximum absolute atomic E-state index is 11.9. The van der Waals surface area contributed by atoms with Crippen LogP contribution in [0.1, 0.15) is 30.0 Å². The van der Waals surface area contributed by atoms with Gasteiger partial charge in [0.2, 0.25) is 5.91 Å². The molecule has 2 aromatic rings. The van der Waals surface area contributed by atoms with Crippen molar-refractivity contribution in [1.82, 2.24) is 5.32 Å². The van der Waals surface area contributed by atoms with Crippen LogP contribution in [0.3, 0.4) is 0 Å². The summed E-state index contributed by atoms with van der Waals surface area (Å²) in [7, 11) is 0. The Labute approximate surface area is 137 Å². The van der Waals surface area contributed by atoms with E-state index >= 15 is 0 Å². The average Bonchev–Trinajstić information content (AvgIpc) is 2.53. The fraction of sp³-hybridized carbons (Fsp3) is 0.316. The molecular weight excluding hydrogens is 294 g/mol. The SMILES string of the molecule is CCc1ccc(CCC(=O)NCCc2cccc(Cl)c2)cc1. The van der Waals surface area contributed by atoms with Gasteiger partial charge < -0.3 is 5.32 Å². The number of carbonyl (C=O) groups excluding carboxylic acids is 1. The normalized spacial score (nSPS) is 10.5. The van der Waals surface area contributed by atoms with Crippen molar-refractivity contribution in [2.24, 2.45) is 0 Å². The lowest BCUT2D eigenvalue weighted by Gasteiger charge is -2.06. The molecule has 2 aromatic carbocycles. The quantitative estimate of drug-likeness (QED) is 0.815. The van der Waals surface area contributed by atoms with Gasteiger partial charge in [0, 0.05) is 18.0 Å². The smallest absolute Gasteiger partial charge is 0.220 e. The molecule has 0 saturated carbocycles. The molecule has 3 heteroatoms. The third-order valence-corrected chi connectivity index (χ3v) is 3.93. The molecule has 2 rings (SSSR count). The van der Waals surface area contributed by atoms with Crippen LogP contribution in [0.5, 0.6) is 0 Å². The Morgan fingerprint density at radius 2 is 1.73 bits per heavy atom. The molecule has 2 nitrogen and oxygen atoms in total. The Morgan fingerprint density at radius 3 is 2.41 bits per heavy atom. The zero-order valence-electron chi connectivity index (χ0n) is 12.9. The second kappa shape index (κ2) is 8.60. The maximum Gasteiger partial charge on any atom is 0.220 e. The monoisotopic (exact) mass is 315 g/mol. The van der Waals surface area contributed by atoms with Gasteiger partial charge in [0.15, 0.2) is 0 Å². The molecule has 0 aliphatic rings. The van der Waals surface area contributed by atoms with Crippen LogP contribution in [0.25, 0.3) is 0 Å². The van der Waals surface area contributed by atoms with E-state index in [9.17, 15) is 4.79 Å². The highest BCUT2D eigenvalue weighted by atomic mass is 35.5. The van der Waals surface area contributed by atoms with Crippen LogP contribution in [0.2, 0.25) is 5.02 Å². The number of carbonyl (C=O) groups is 1. The van der Waals surface area contributed by atoms with Crippen LogP contribution >= 0.6 is 11.6 Å². The van der Waals surface area contributed by atoms with Crippen molar-refractivity contribution in [2.75, 3.05) is 6.54 Å². The van der Waals surface area contributed by atoms with Crippen LogP contribution in [-0.2, 0) is 24.1 Å². The van der Waals surface area contributed by atoms with Crippen molar-refractivity contribution in [1.29, 1.82) is 0 Å². The summed E-state index contributed by atoms with van der Waals surface area (Å²) in [5, 5.41) is 3.70.